The van der Waals surface area contributed by atoms with Crippen LogP contribution in [-0.2, 0) is 0 Å². The van der Waals surface area contributed by atoms with E-state index >= 15 is 0 Å². The highest BCUT2D eigenvalue weighted by Gasteiger charge is 2.26. The third-order valence-electron chi connectivity index (χ3n) is 4.17. The Morgan fingerprint density at radius 3 is 2.81 bits per heavy atom. The molecule has 2 aromatic heterocycles. The van der Waals surface area contributed by atoms with Crippen LogP contribution in [0.3, 0.4) is 0 Å². The van der Waals surface area contributed by atoms with Gasteiger partial charge in [0.05, 0.1) is 18.7 Å². The summed E-state index contributed by atoms with van der Waals surface area (Å²) in [4.78, 5) is 27.3. The molecule has 0 radical (unpaired) electrons. The van der Waals surface area contributed by atoms with Crippen LogP contribution in [0, 0.1) is 13.8 Å². The van der Waals surface area contributed by atoms with Gasteiger partial charge in [-0.3, -0.25) is 4.79 Å². The molecule has 138 valence electrons. The smallest absolute Gasteiger partial charge is 0.255 e. The Morgan fingerprint density at radius 2 is 2.12 bits per heavy atom. The first-order chi connectivity index (χ1) is 12.5. The number of rotatable bonds is 5. The summed E-state index contributed by atoms with van der Waals surface area (Å²) in [6, 6.07) is 5.30. The zero-order valence-corrected chi connectivity index (χ0v) is 15.4. The fourth-order valence-electron chi connectivity index (χ4n) is 3.06. The number of aryl methyl sites for hydroxylation is 2. The maximum absolute atomic E-state index is 12.7. The molecule has 1 atom stereocenters. The average molecular weight is 356 g/mol. The van der Waals surface area contributed by atoms with Gasteiger partial charge in [-0.1, -0.05) is 0 Å². The van der Waals surface area contributed by atoms with E-state index in [1.807, 2.05) is 31.7 Å². The Kier molecular flexibility index (Phi) is 5.65. The van der Waals surface area contributed by atoms with Crippen molar-refractivity contribution in [3.8, 4) is 11.8 Å². The number of hydrogen-bond donors (Lipinski definition) is 0. The molecule has 3 rings (SSSR count). The number of ether oxygens (including phenoxy) is 2. The first-order valence-corrected chi connectivity index (χ1v) is 8.92. The lowest BCUT2D eigenvalue weighted by Gasteiger charge is -2.32. The van der Waals surface area contributed by atoms with Gasteiger partial charge in [-0.25, -0.2) is 9.97 Å². The molecule has 0 bridgehead atoms. The zero-order chi connectivity index (χ0) is 18.5. The maximum Gasteiger partial charge on any atom is 0.255 e. The third-order valence-corrected chi connectivity index (χ3v) is 4.17. The van der Waals surface area contributed by atoms with Gasteiger partial charge < -0.3 is 14.4 Å². The Labute approximate surface area is 153 Å². The summed E-state index contributed by atoms with van der Waals surface area (Å²) < 4.78 is 11.3. The SMILES string of the molecule is CCOc1ccc(C(=O)N2CCCC(Oc3cc(C)nc(C)n3)C2)cn1. The number of aromatic nitrogens is 3. The van der Waals surface area contributed by atoms with Crippen molar-refractivity contribution in [3.63, 3.8) is 0 Å². The molecule has 1 saturated heterocycles. The zero-order valence-electron chi connectivity index (χ0n) is 15.4. The lowest BCUT2D eigenvalue weighted by Crippen LogP contribution is -2.44. The number of pyridine rings is 1. The molecule has 0 spiro atoms. The van der Waals surface area contributed by atoms with E-state index < -0.39 is 0 Å². The van der Waals surface area contributed by atoms with Crippen molar-refractivity contribution in [1.82, 2.24) is 19.9 Å². The van der Waals surface area contributed by atoms with Gasteiger partial charge in [-0.05, 0) is 39.7 Å². The fourth-order valence-corrected chi connectivity index (χ4v) is 3.06. The van der Waals surface area contributed by atoms with E-state index in [-0.39, 0.29) is 12.0 Å². The van der Waals surface area contributed by atoms with Crippen LogP contribution in [0.4, 0.5) is 0 Å². The number of carbonyl (C=O) groups excluding carboxylic acids is 1. The topological polar surface area (TPSA) is 77.4 Å². The second-order valence-electron chi connectivity index (χ2n) is 6.35. The molecule has 0 saturated carbocycles. The summed E-state index contributed by atoms with van der Waals surface area (Å²) in [5, 5.41) is 0. The number of nitrogens with zero attached hydrogens (tertiary/aromatic N) is 4. The Bertz CT molecular complexity index is 744. The van der Waals surface area contributed by atoms with Crippen LogP contribution < -0.4 is 9.47 Å². The van der Waals surface area contributed by atoms with Crippen LogP contribution in [0.25, 0.3) is 0 Å². The van der Waals surface area contributed by atoms with E-state index in [1.54, 1.807) is 18.3 Å². The van der Waals surface area contributed by atoms with Crippen molar-refractivity contribution in [2.75, 3.05) is 19.7 Å². The predicted octanol–water partition coefficient (Wildman–Crippen LogP) is 2.57. The van der Waals surface area contributed by atoms with Crippen LogP contribution in [-0.4, -0.2) is 51.6 Å². The molecule has 0 aromatic carbocycles. The van der Waals surface area contributed by atoms with Crippen molar-refractivity contribution in [2.45, 2.75) is 39.7 Å². The van der Waals surface area contributed by atoms with Crippen LogP contribution >= 0.6 is 0 Å². The van der Waals surface area contributed by atoms with E-state index in [4.69, 9.17) is 9.47 Å². The quantitative estimate of drug-likeness (QED) is 0.819. The largest absolute Gasteiger partial charge is 0.478 e. The Balaban J connectivity index is 1.64. The summed E-state index contributed by atoms with van der Waals surface area (Å²) in [7, 11) is 0. The molecule has 0 N–H and O–H groups in total. The fraction of sp³-hybridized carbons (Fsp3) is 0.474. The number of carbonyl (C=O) groups is 1. The molecule has 1 aliphatic rings. The molecule has 3 heterocycles. The first kappa shape index (κ1) is 18.1. The number of hydrogen-bond acceptors (Lipinski definition) is 6. The molecule has 7 nitrogen and oxygen atoms in total. The van der Waals surface area contributed by atoms with Crippen LogP contribution in [0.2, 0.25) is 0 Å². The molecular formula is C19H24N4O3. The normalized spacial score (nSPS) is 17.0. The van der Waals surface area contributed by atoms with Gasteiger partial charge in [-0.15, -0.1) is 0 Å². The van der Waals surface area contributed by atoms with Gasteiger partial charge in [0.25, 0.3) is 5.91 Å². The first-order valence-electron chi connectivity index (χ1n) is 8.92. The van der Waals surface area contributed by atoms with E-state index in [0.717, 1.165) is 18.5 Å². The van der Waals surface area contributed by atoms with E-state index in [2.05, 4.69) is 15.0 Å². The summed E-state index contributed by atoms with van der Waals surface area (Å²) >= 11 is 0. The van der Waals surface area contributed by atoms with Crippen LogP contribution in [0.15, 0.2) is 24.4 Å². The van der Waals surface area contributed by atoms with Gasteiger partial charge in [0.15, 0.2) is 0 Å². The maximum atomic E-state index is 12.7. The molecule has 7 heteroatoms. The third kappa shape index (κ3) is 4.47. The minimum absolute atomic E-state index is 0.0381. The predicted molar refractivity (Wildman–Crippen MR) is 96.5 cm³/mol. The lowest BCUT2D eigenvalue weighted by molar-refractivity contribution is 0.0526. The van der Waals surface area contributed by atoms with Gasteiger partial charge in [0, 0.05) is 30.6 Å². The molecule has 1 amide bonds. The van der Waals surface area contributed by atoms with E-state index in [0.29, 0.717) is 42.8 Å². The number of amides is 1. The molecular weight excluding hydrogens is 332 g/mol. The summed E-state index contributed by atoms with van der Waals surface area (Å²) in [6.07, 6.45) is 3.28. The van der Waals surface area contributed by atoms with Gasteiger partial charge in [-0.2, -0.15) is 4.98 Å². The van der Waals surface area contributed by atoms with E-state index in [9.17, 15) is 4.79 Å². The Hall–Kier alpha value is -2.70. The number of likely N-dealkylation sites (tertiary alicyclic amines) is 1. The summed E-state index contributed by atoms with van der Waals surface area (Å²) in [5.74, 6) is 1.74. The highest BCUT2D eigenvalue weighted by Crippen LogP contribution is 2.19. The molecule has 1 unspecified atom stereocenters. The van der Waals surface area contributed by atoms with Crippen molar-refractivity contribution < 1.29 is 14.3 Å². The van der Waals surface area contributed by atoms with Crippen molar-refractivity contribution >= 4 is 5.91 Å². The summed E-state index contributed by atoms with van der Waals surface area (Å²) in [6.45, 7) is 7.46. The van der Waals surface area contributed by atoms with Crippen LogP contribution in [0.5, 0.6) is 11.8 Å². The summed E-state index contributed by atoms with van der Waals surface area (Å²) in [5.41, 5.74) is 1.43. The lowest BCUT2D eigenvalue weighted by atomic mass is 10.1. The van der Waals surface area contributed by atoms with Crippen molar-refractivity contribution in [2.24, 2.45) is 0 Å². The van der Waals surface area contributed by atoms with Crippen molar-refractivity contribution in [3.05, 3.63) is 41.5 Å². The van der Waals surface area contributed by atoms with E-state index in [1.165, 1.54) is 0 Å². The highest BCUT2D eigenvalue weighted by molar-refractivity contribution is 5.94. The standard InChI is InChI=1S/C19H24N4O3/c1-4-25-17-8-7-15(11-20-17)19(24)23-9-5-6-16(12-23)26-18-10-13(2)21-14(3)22-18/h7-8,10-11,16H,4-6,9,12H2,1-3H3. The van der Waals surface area contributed by atoms with Gasteiger partial charge in [0.2, 0.25) is 11.8 Å². The monoisotopic (exact) mass is 356 g/mol. The van der Waals surface area contributed by atoms with Gasteiger partial charge in [0.1, 0.15) is 11.9 Å². The molecule has 26 heavy (non-hydrogen) atoms. The minimum atomic E-state index is -0.0722. The molecule has 1 fully saturated rings. The molecule has 2 aromatic rings. The molecule has 0 aliphatic carbocycles. The Morgan fingerprint density at radius 1 is 1.27 bits per heavy atom. The second-order valence-corrected chi connectivity index (χ2v) is 6.35. The average Bonchev–Trinajstić information content (AvgIpc) is 2.61. The minimum Gasteiger partial charge on any atom is -0.478 e. The van der Waals surface area contributed by atoms with Gasteiger partial charge >= 0.3 is 0 Å². The number of piperidine rings is 1. The highest BCUT2D eigenvalue weighted by atomic mass is 16.5. The van der Waals surface area contributed by atoms with Crippen molar-refractivity contribution in [1.29, 1.82) is 0 Å². The van der Waals surface area contributed by atoms with Crippen LogP contribution in [0.1, 0.15) is 41.6 Å². The molecule has 1 aliphatic heterocycles. The second kappa shape index (κ2) is 8.12.